The highest BCUT2D eigenvalue weighted by molar-refractivity contribution is 5.97. The lowest BCUT2D eigenvalue weighted by molar-refractivity contribution is -0.134. The van der Waals surface area contributed by atoms with Gasteiger partial charge in [0.05, 0.1) is 0 Å². The summed E-state index contributed by atoms with van der Waals surface area (Å²) in [6.07, 6.45) is 2.73. The van der Waals surface area contributed by atoms with Crippen molar-refractivity contribution in [2.45, 2.75) is 79.3 Å². The third-order valence-electron chi connectivity index (χ3n) is 5.90. The zero-order chi connectivity index (χ0) is 23.2. The van der Waals surface area contributed by atoms with E-state index >= 15 is 0 Å². The quantitative estimate of drug-likeness (QED) is 0.694. The van der Waals surface area contributed by atoms with Gasteiger partial charge in [-0.05, 0) is 56.6 Å². The minimum absolute atomic E-state index is 0.00324. The summed E-state index contributed by atoms with van der Waals surface area (Å²) in [4.78, 5) is 40.4. The zero-order valence-electron chi connectivity index (χ0n) is 20.0. The first-order chi connectivity index (χ1) is 14.5. The van der Waals surface area contributed by atoms with E-state index in [1.54, 1.807) is 6.07 Å². The number of rotatable bonds is 7. The van der Waals surface area contributed by atoms with Crippen LogP contribution >= 0.6 is 0 Å². The number of amides is 3. The van der Waals surface area contributed by atoms with E-state index in [-0.39, 0.29) is 35.1 Å². The molecular formula is C25H39N3O3. The van der Waals surface area contributed by atoms with Crippen molar-refractivity contribution in [2.24, 2.45) is 11.3 Å². The maximum Gasteiger partial charge on any atom is 0.251 e. The zero-order valence-corrected chi connectivity index (χ0v) is 20.0. The van der Waals surface area contributed by atoms with Crippen LogP contribution in [0, 0.1) is 18.3 Å². The molecule has 1 fully saturated rings. The Hall–Kier alpha value is -2.37. The minimum atomic E-state index is -0.609. The lowest BCUT2D eigenvalue weighted by Crippen LogP contribution is -2.55. The Morgan fingerprint density at radius 3 is 2.32 bits per heavy atom. The molecule has 0 aromatic heterocycles. The van der Waals surface area contributed by atoms with Gasteiger partial charge in [-0.3, -0.25) is 14.4 Å². The number of piperidine rings is 1. The smallest absolute Gasteiger partial charge is 0.251 e. The lowest BCUT2D eigenvalue weighted by atomic mass is 9.87. The molecule has 1 aromatic rings. The summed E-state index contributed by atoms with van der Waals surface area (Å²) in [5, 5.41) is 6.01. The van der Waals surface area contributed by atoms with Gasteiger partial charge in [0.2, 0.25) is 11.8 Å². The third-order valence-corrected chi connectivity index (χ3v) is 5.90. The molecule has 1 saturated heterocycles. The number of nitrogens with zero attached hydrogens (tertiary/aromatic N) is 1. The summed E-state index contributed by atoms with van der Waals surface area (Å²) in [7, 11) is 0. The molecule has 0 bridgehead atoms. The molecule has 0 spiro atoms. The van der Waals surface area contributed by atoms with E-state index in [0.29, 0.717) is 37.9 Å². The molecule has 172 valence electrons. The van der Waals surface area contributed by atoms with Crippen molar-refractivity contribution < 1.29 is 14.4 Å². The number of carbonyl (C=O) groups is 3. The number of nitrogens with one attached hydrogen (secondary N) is 2. The Kier molecular flexibility index (Phi) is 8.66. The number of benzene rings is 1. The summed E-state index contributed by atoms with van der Waals surface area (Å²) in [6, 6.07) is 6.81. The molecular weight excluding hydrogens is 390 g/mol. The average molecular weight is 430 g/mol. The molecule has 2 atom stereocenters. The van der Waals surface area contributed by atoms with Crippen molar-refractivity contribution in [1.82, 2.24) is 15.5 Å². The topological polar surface area (TPSA) is 78.5 Å². The minimum Gasteiger partial charge on any atom is -0.352 e. The first-order valence-corrected chi connectivity index (χ1v) is 11.5. The summed E-state index contributed by atoms with van der Waals surface area (Å²) < 4.78 is 0. The molecule has 2 N–H and O–H groups in total. The van der Waals surface area contributed by atoms with Gasteiger partial charge >= 0.3 is 0 Å². The second-order valence-corrected chi connectivity index (χ2v) is 10.1. The van der Waals surface area contributed by atoms with Gasteiger partial charge in [0.1, 0.15) is 6.04 Å². The maximum atomic E-state index is 13.0. The van der Waals surface area contributed by atoms with Crippen molar-refractivity contribution in [2.75, 3.05) is 13.1 Å². The highest BCUT2D eigenvalue weighted by atomic mass is 16.2. The van der Waals surface area contributed by atoms with Crippen LogP contribution in [0.5, 0.6) is 0 Å². The average Bonchev–Trinajstić information content (AvgIpc) is 2.70. The van der Waals surface area contributed by atoms with Gasteiger partial charge in [0.15, 0.2) is 0 Å². The molecule has 6 heteroatoms. The first kappa shape index (κ1) is 24.9. The van der Waals surface area contributed by atoms with E-state index in [1.807, 2.05) is 43.9 Å². The predicted molar refractivity (Wildman–Crippen MR) is 124 cm³/mol. The van der Waals surface area contributed by atoms with Crippen LogP contribution in [0.3, 0.4) is 0 Å². The predicted octanol–water partition coefficient (Wildman–Crippen LogP) is 3.68. The van der Waals surface area contributed by atoms with Gasteiger partial charge in [-0.2, -0.15) is 0 Å². The van der Waals surface area contributed by atoms with Crippen molar-refractivity contribution in [1.29, 1.82) is 0 Å². The van der Waals surface area contributed by atoms with Gasteiger partial charge in [-0.1, -0.05) is 45.4 Å². The molecule has 31 heavy (non-hydrogen) atoms. The first-order valence-electron chi connectivity index (χ1n) is 11.5. The Labute approximate surface area is 187 Å². The standard InChI is InChI=1S/C25H39N3O3/c1-7-18(3)26-24(31)22(27-23(30)20-10-8-9-17(2)15-20)19-11-13-28(14-12-19)21(29)16-25(4,5)6/h8-10,15,18-19,22H,7,11-14,16H2,1-6H3,(H,26,31)(H,27,30). The second-order valence-electron chi connectivity index (χ2n) is 10.1. The molecule has 2 rings (SSSR count). The molecule has 2 unspecified atom stereocenters. The Morgan fingerprint density at radius 2 is 1.77 bits per heavy atom. The van der Waals surface area contributed by atoms with E-state index < -0.39 is 6.04 Å². The molecule has 1 aromatic carbocycles. The van der Waals surface area contributed by atoms with Crippen LogP contribution in [-0.4, -0.2) is 47.8 Å². The molecule has 6 nitrogen and oxygen atoms in total. The number of hydrogen-bond donors (Lipinski definition) is 2. The fourth-order valence-electron chi connectivity index (χ4n) is 3.89. The van der Waals surface area contributed by atoms with Gasteiger partial charge in [-0.25, -0.2) is 0 Å². The van der Waals surface area contributed by atoms with Gasteiger partial charge < -0.3 is 15.5 Å². The van der Waals surface area contributed by atoms with Crippen LogP contribution in [0.25, 0.3) is 0 Å². The van der Waals surface area contributed by atoms with Crippen LogP contribution in [0.2, 0.25) is 0 Å². The summed E-state index contributed by atoms with van der Waals surface area (Å²) >= 11 is 0. The van der Waals surface area contributed by atoms with Crippen molar-refractivity contribution in [3.05, 3.63) is 35.4 Å². The Bertz CT molecular complexity index is 776. The fourth-order valence-corrected chi connectivity index (χ4v) is 3.89. The number of hydrogen-bond acceptors (Lipinski definition) is 3. The van der Waals surface area contributed by atoms with E-state index in [9.17, 15) is 14.4 Å². The normalized spacial score (nSPS) is 17.0. The number of carbonyl (C=O) groups excluding carboxylic acids is 3. The lowest BCUT2D eigenvalue weighted by Gasteiger charge is -2.37. The molecule has 0 radical (unpaired) electrons. The molecule has 3 amide bonds. The Balaban J connectivity index is 2.09. The van der Waals surface area contributed by atoms with E-state index in [1.165, 1.54) is 0 Å². The number of aryl methyl sites for hydroxylation is 1. The summed E-state index contributed by atoms with van der Waals surface area (Å²) in [6.45, 7) is 13.3. The molecule has 0 saturated carbocycles. The van der Waals surface area contributed by atoms with Crippen molar-refractivity contribution >= 4 is 17.7 Å². The molecule has 1 aliphatic rings. The van der Waals surface area contributed by atoms with Crippen LogP contribution in [0.4, 0.5) is 0 Å². The van der Waals surface area contributed by atoms with Crippen LogP contribution < -0.4 is 10.6 Å². The molecule has 1 heterocycles. The van der Waals surface area contributed by atoms with Crippen LogP contribution in [0.1, 0.15) is 76.2 Å². The van der Waals surface area contributed by atoms with Crippen LogP contribution in [0.15, 0.2) is 24.3 Å². The summed E-state index contributed by atoms with van der Waals surface area (Å²) in [5.41, 5.74) is 1.51. The fraction of sp³-hybridized carbons (Fsp3) is 0.640. The highest BCUT2D eigenvalue weighted by Gasteiger charge is 2.35. The maximum absolute atomic E-state index is 13.0. The van der Waals surface area contributed by atoms with Crippen molar-refractivity contribution in [3.63, 3.8) is 0 Å². The SMILES string of the molecule is CCC(C)NC(=O)C(NC(=O)c1cccc(C)c1)C1CCN(C(=O)CC(C)(C)C)CC1. The third kappa shape index (κ3) is 7.67. The highest BCUT2D eigenvalue weighted by Crippen LogP contribution is 2.25. The number of likely N-dealkylation sites (tertiary alicyclic amines) is 1. The van der Waals surface area contributed by atoms with E-state index in [0.717, 1.165) is 12.0 Å². The van der Waals surface area contributed by atoms with E-state index in [4.69, 9.17) is 0 Å². The van der Waals surface area contributed by atoms with Crippen molar-refractivity contribution in [3.8, 4) is 0 Å². The van der Waals surface area contributed by atoms with Gasteiger partial charge in [0.25, 0.3) is 5.91 Å². The molecule has 0 aliphatic carbocycles. The largest absolute Gasteiger partial charge is 0.352 e. The molecule has 1 aliphatic heterocycles. The van der Waals surface area contributed by atoms with Crippen LogP contribution in [-0.2, 0) is 9.59 Å². The summed E-state index contributed by atoms with van der Waals surface area (Å²) in [5.74, 6) is -0.221. The van der Waals surface area contributed by atoms with Gasteiger partial charge in [0, 0.05) is 31.1 Å². The monoisotopic (exact) mass is 429 g/mol. The Morgan fingerprint density at radius 1 is 1.13 bits per heavy atom. The van der Waals surface area contributed by atoms with Gasteiger partial charge in [-0.15, -0.1) is 0 Å². The van der Waals surface area contributed by atoms with E-state index in [2.05, 4.69) is 31.4 Å². The second kappa shape index (κ2) is 10.8.